The van der Waals surface area contributed by atoms with E-state index in [1.165, 1.54) is 0 Å². The second kappa shape index (κ2) is 2.86. The van der Waals surface area contributed by atoms with Gasteiger partial charge in [0.05, 0.1) is 6.61 Å². The Morgan fingerprint density at radius 3 is 2.42 bits per heavy atom. The van der Waals surface area contributed by atoms with Gasteiger partial charge in [0.2, 0.25) is 0 Å². The van der Waals surface area contributed by atoms with Crippen LogP contribution in [0.2, 0.25) is 0 Å². The van der Waals surface area contributed by atoms with Gasteiger partial charge in [-0.2, -0.15) is 0 Å². The van der Waals surface area contributed by atoms with Crippen LogP contribution in [0.25, 0.3) is 0 Å². The molecule has 0 aromatic heterocycles. The minimum atomic E-state index is 0.0137. The van der Waals surface area contributed by atoms with Gasteiger partial charge in [0.15, 0.2) is 0 Å². The molecule has 1 aliphatic rings. The normalized spacial score (nSPS) is 26.6. The van der Waals surface area contributed by atoms with Gasteiger partial charge in [-0.25, -0.2) is 0 Å². The first-order chi connectivity index (χ1) is 5.35. The Kier molecular flexibility index (Phi) is 2.32. The Morgan fingerprint density at radius 1 is 1.42 bits per heavy atom. The lowest BCUT2D eigenvalue weighted by molar-refractivity contribution is 0.252. The summed E-state index contributed by atoms with van der Waals surface area (Å²) in [5, 5.41) is 12.6. The molecule has 2 heteroatoms. The lowest BCUT2D eigenvalue weighted by atomic mass is 9.84. The zero-order valence-electron chi connectivity index (χ0n) is 8.44. The molecule has 0 amide bonds. The van der Waals surface area contributed by atoms with Gasteiger partial charge >= 0.3 is 0 Å². The van der Waals surface area contributed by atoms with Gasteiger partial charge in [-0.1, -0.05) is 6.08 Å². The molecule has 12 heavy (non-hydrogen) atoms. The number of aliphatic hydroxyl groups excluding tert-OH is 1. The Labute approximate surface area is 74.7 Å². The molecule has 1 rings (SSSR count). The summed E-state index contributed by atoms with van der Waals surface area (Å²) in [6.07, 6.45) is 3.06. The summed E-state index contributed by atoms with van der Waals surface area (Å²) in [5.41, 5.74) is 1.26. The van der Waals surface area contributed by atoms with E-state index in [9.17, 15) is 0 Å². The maximum Gasteiger partial charge on any atom is 0.0643 e. The predicted octanol–water partition coefficient (Wildman–Crippen LogP) is 1.46. The summed E-state index contributed by atoms with van der Waals surface area (Å²) in [6.45, 7) is 8.77. The van der Waals surface area contributed by atoms with Crippen molar-refractivity contribution in [3.05, 3.63) is 11.6 Å². The SMILES string of the molecule is CC1(C)C=C(CO)CC(C)(C)N1. The number of nitrogens with one attached hydrogen (secondary N) is 1. The highest BCUT2D eigenvalue weighted by Gasteiger charge is 2.31. The smallest absolute Gasteiger partial charge is 0.0643 e. The summed E-state index contributed by atoms with van der Waals surface area (Å²) in [4.78, 5) is 0. The van der Waals surface area contributed by atoms with Crippen LogP contribution in [0.5, 0.6) is 0 Å². The molecule has 0 aromatic carbocycles. The van der Waals surface area contributed by atoms with Gasteiger partial charge in [0, 0.05) is 11.1 Å². The predicted molar refractivity (Wildman–Crippen MR) is 51.1 cm³/mol. The lowest BCUT2D eigenvalue weighted by Crippen LogP contribution is -2.54. The van der Waals surface area contributed by atoms with E-state index in [1.807, 2.05) is 0 Å². The topological polar surface area (TPSA) is 32.3 Å². The van der Waals surface area contributed by atoms with Crippen LogP contribution in [-0.2, 0) is 0 Å². The highest BCUT2D eigenvalue weighted by Crippen LogP contribution is 2.26. The van der Waals surface area contributed by atoms with Crippen molar-refractivity contribution in [1.82, 2.24) is 5.32 Å². The van der Waals surface area contributed by atoms with Crippen molar-refractivity contribution in [2.75, 3.05) is 6.61 Å². The Morgan fingerprint density at radius 2 is 2.00 bits per heavy atom. The van der Waals surface area contributed by atoms with Gasteiger partial charge in [-0.05, 0) is 39.7 Å². The highest BCUT2D eigenvalue weighted by atomic mass is 16.3. The van der Waals surface area contributed by atoms with E-state index in [4.69, 9.17) is 5.11 Å². The monoisotopic (exact) mass is 169 g/mol. The minimum absolute atomic E-state index is 0.0137. The number of hydrogen-bond acceptors (Lipinski definition) is 2. The quantitative estimate of drug-likeness (QED) is 0.582. The third-order valence-electron chi connectivity index (χ3n) is 2.10. The summed E-state index contributed by atoms with van der Waals surface area (Å²) < 4.78 is 0. The van der Waals surface area contributed by atoms with Gasteiger partial charge in [0.25, 0.3) is 0 Å². The molecule has 0 aromatic rings. The van der Waals surface area contributed by atoms with Crippen molar-refractivity contribution >= 4 is 0 Å². The van der Waals surface area contributed by atoms with Crippen LogP contribution in [0.4, 0.5) is 0 Å². The van der Waals surface area contributed by atoms with Crippen LogP contribution in [0.3, 0.4) is 0 Å². The molecular formula is C10H19NO. The van der Waals surface area contributed by atoms with Crippen LogP contribution >= 0.6 is 0 Å². The standard InChI is InChI=1S/C10H19NO/c1-9(2)5-8(7-12)6-10(3,4)11-9/h5,11-12H,6-7H2,1-4H3. The molecule has 1 aliphatic heterocycles. The molecule has 2 nitrogen and oxygen atoms in total. The molecule has 0 radical (unpaired) electrons. The van der Waals surface area contributed by atoms with Crippen molar-refractivity contribution in [2.45, 2.75) is 45.2 Å². The van der Waals surface area contributed by atoms with E-state index < -0.39 is 0 Å². The maximum absolute atomic E-state index is 9.06. The molecule has 0 atom stereocenters. The van der Waals surface area contributed by atoms with Gasteiger partial charge in [-0.15, -0.1) is 0 Å². The van der Waals surface area contributed by atoms with Crippen LogP contribution in [0.1, 0.15) is 34.1 Å². The van der Waals surface area contributed by atoms with Gasteiger partial charge < -0.3 is 10.4 Å². The first-order valence-electron chi connectivity index (χ1n) is 4.45. The second-order valence-electron chi connectivity index (χ2n) is 4.87. The Bertz CT molecular complexity index is 204. The zero-order chi connectivity index (χ0) is 9.41. The second-order valence-corrected chi connectivity index (χ2v) is 4.87. The van der Waals surface area contributed by atoms with E-state index >= 15 is 0 Å². The van der Waals surface area contributed by atoms with Crippen molar-refractivity contribution < 1.29 is 5.11 Å². The van der Waals surface area contributed by atoms with Crippen LogP contribution in [0.15, 0.2) is 11.6 Å². The molecule has 0 aliphatic carbocycles. The van der Waals surface area contributed by atoms with E-state index in [1.54, 1.807) is 0 Å². The summed E-state index contributed by atoms with van der Waals surface area (Å²) in [7, 11) is 0. The van der Waals surface area contributed by atoms with Gasteiger partial charge in [-0.3, -0.25) is 0 Å². The van der Waals surface area contributed by atoms with E-state index in [0.717, 1.165) is 12.0 Å². The third kappa shape index (κ3) is 2.32. The highest BCUT2D eigenvalue weighted by molar-refractivity contribution is 5.20. The fourth-order valence-corrected chi connectivity index (χ4v) is 2.18. The van der Waals surface area contributed by atoms with Crippen LogP contribution in [-0.4, -0.2) is 22.8 Å². The van der Waals surface area contributed by atoms with E-state index in [0.29, 0.717) is 0 Å². The number of aliphatic hydroxyl groups is 1. The summed E-state index contributed by atoms with van der Waals surface area (Å²) >= 11 is 0. The molecule has 0 unspecified atom stereocenters. The summed E-state index contributed by atoms with van der Waals surface area (Å²) in [6, 6.07) is 0. The lowest BCUT2D eigenvalue weighted by Gasteiger charge is -2.41. The molecule has 0 spiro atoms. The van der Waals surface area contributed by atoms with E-state index in [2.05, 4.69) is 39.1 Å². The number of hydrogen-bond donors (Lipinski definition) is 2. The molecule has 0 saturated heterocycles. The fraction of sp³-hybridized carbons (Fsp3) is 0.800. The largest absolute Gasteiger partial charge is 0.392 e. The summed E-state index contributed by atoms with van der Waals surface area (Å²) in [5.74, 6) is 0. The molecular weight excluding hydrogens is 150 g/mol. The van der Waals surface area contributed by atoms with Crippen molar-refractivity contribution in [2.24, 2.45) is 0 Å². The maximum atomic E-state index is 9.06. The Hall–Kier alpha value is -0.340. The number of rotatable bonds is 1. The third-order valence-corrected chi connectivity index (χ3v) is 2.10. The molecule has 70 valence electrons. The van der Waals surface area contributed by atoms with Crippen molar-refractivity contribution in [3.63, 3.8) is 0 Å². The zero-order valence-corrected chi connectivity index (χ0v) is 8.44. The Balaban J connectivity index is 2.86. The molecule has 1 heterocycles. The van der Waals surface area contributed by atoms with Crippen molar-refractivity contribution in [1.29, 1.82) is 0 Å². The van der Waals surface area contributed by atoms with Crippen LogP contribution in [0, 0.1) is 0 Å². The molecule has 0 fully saturated rings. The molecule has 2 N–H and O–H groups in total. The van der Waals surface area contributed by atoms with Crippen LogP contribution < -0.4 is 5.32 Å². The van der Waals surface area contributed by atoms with Crippen molar-refractivity contribution in [3.8, 4) is 0 Å². The van der Waals surface area contributed by atoms with E-state index in [-0.39, 0.29) is 17.7 Å². The van der Waals surface area contributed by atoms with Gasteiger partial charge in [0.1, 0.15) is 0 Å². The first kappa shape index (κ1) is 9.75. The molecule has 0 bridgehead atoms. The molecule has 0 saturated carbocycles. The average molecular weight is 169 g/mol. The average Bonchev–Trinajstić information content (AvgIpc) is 1.80. The first-order valence-corrected chi connectivity index (χ1v) is 4.45. The minimum Gasteiger partial charge on any atom is -0.392 e. The fourth-order valence-electron chi connectivity index (χ4n) is 2.18.